The average molecular weight is 329 g/mol. The molecular weight excluding hydrogens is 320 g/mol. The minimum Gasteiger partial charge on any atom is -0.329 e. The van der Waals surface area contributed by atoms with Gasteiger partial charge in [-0.05, 0) is 40.5 Å². The first-order chi connectivity index (χ1) is 8.19. The van der Waals surface area contributed by atoms with Crippen molar-refractivity contribution < 1.29 is 22.4 Å². The fourth-order valence-electron chi connectivity index (χ4n) is 1.13. The molecule has 1 rings (SSSR count). The van der Waals surface area contributed by atoms with Crippen molar-refractivity contribution >= 4 is 27.6 Å². The Hall–Kier alpha value is -1.31. The molecule has 0 bridgehead atoms. The fourth-order valence-corrected chi connectivity index (χ4v) is 1.59. The van der Waals surface area contributed by atoms with Crippen molar-refractivity contribution in [2.45, 2.75) is 13.1 Å². The van der Waals surface area contributed by atoms with Gasteiger partial charge in [-0.25, -0.2) is 9.18 Å². The monoisotopic (exact) mass is 328 g/mol. The van der Waals surface area contributed by atoms with Crippen molar-refractivity contribution in [3.63, 3.8) is 0 Å². The summed E-state index contributed by atoms with van der Waals surface area (Å²) < 4.78 is 48.9. The molecule has 1 aromatic rings. The fraction of sp³-hybridized carbons (Fsp3) is 0.300. The first-order valence-corrected chi connectivity index (χ1v) is 5.55. The molecule has 8 heteroatoms. The van der Waals surface area contributed by atoms with Gasteiger partial charge in [-0.1, -0.05) is 0 Å². The van der Waals surface area contributed by atoms with Crippen LogP contribution in [0.25, 0.3) is 0 Å². The largest absolute Gasteiger partial charge is 0.405 e. The number of hydrogen-bond acceptors (Lipinski definition) is 1. The zero-order valence-electron chi connectivity index (χ0n) is 9.16. The number of carbonyl (C=O) groups is 1. The van der Waals surface area contributed by atoms with Crippen LogP contribution in [-0.2, 0) is 0 Å². The van der Waals surface area contributed by atoms with Crippen LogP contribution in [-0.4, -0.2) is 18.8 Å². The molecule has 0 saturated carbocycles. The van der Waals surface area contributed by atoms with Gasteiger partial charge in [0, 0.05) is 5.69 Å². The molecule has 0 aliphatic carbocycles. The summed E-state index contributed by atoms with van der Waals surface area (Å²) in [4.78, 5) is 11.2. The first-order valence-electron chi connectivity index (χ1n) is 4.76. The van der Waals surface area contributed by atoms with E-state index in [0.29, 0.717) is 5.56 Å². The Balaban J connectivity index is 2.68. The second kappa shape index (κ2) is 5.55. The number of halogens is 5. The number of alkyl halides is 3. The van der Waals surface area contributed by atoms with Crippen LogP contribution in [0.2, 0.25) is 0 Å². The third kappa shape index (κ3) is 4.52. The molecule has 0 radical (unpaired) electrons. The predicted octanol–water partition coefficient (Wildman–Crippen LogP) is 3.58. The highest BCUT2D eigenvalue weighted by Crippen LogP contribution is 2.23. The van der Waals surface area contributed by atoms with Crippen LogP contribution in [0.4, 0.5) is 28.0 Å². The Morgan fingerprint density at radius 3 is 2.56 bits per heavy atom. The molecule has 100 valence electrons. The highest BCUT2D eigenvalue weighted by Gasteiger charge is 2.27. The summed E-state index contributed by atoms with van der Waals surface area (Å²) in [7, 11) is 0. The number of urea groups is 1. The zero-order chi connectivity index (χ0) is 13.9. The molecule has 0 fully saturated rings. The van der Waals surface area contributed by atoms with Crippen LogP contribution >= 0.6 is 15.9 Å². The van der Waals surface area contributed by atoms with Crippen LogP contribution in [0.1, 0.15) is 5.56 Å². The van der Waals surface area contributed by atoms with Gasteiger partial charge >= 0.3 is 12.2 Å². The normalized spacial score (nSPS) is 11.2. The molecule has 3 nitrogen and oxygen atoms in total. The number of hydrogen-bond donors (Lipinski definition) is 2. The zero-order valence-corrected chi connectivity index (χ0v) is 10.7. The highest BCUT2D eigenvalue weighted by atomic mass is 79.9. The smallest absolute Gasteiger partial charge is 0.329 e. The molecule has 0 aromatic heterocycles. The third-order valence-corrected chi connectivity index (χ3v) is 2.57. The average Bonchev–Trinajstić information content (AvgIpc) is 2.22. The van der Waals surface area contributed by atoms with Crippen LogP contribution in [0.15, 0.2) is 16.6 Å². The van der Waals surface area contributed by atoms with Crippen molar-refractivity contribution in [2.24, 2.45) is 0 Å². The molecule has 0 spiro atoms. The Bertz CT molecular complexity index is 462. The number of rotatable bonds is 2. The van der Waals surface area contributed by atoms with Gasteiger partial charge in [0.25, 0.3) is 0 Å². The van der Waals surface area contributed by atoms with E-state index >= 15 is 0 Å². The van der Waals surface area contributed by atoms with E-state index in [1.165, 1.54) is 6.07 Å². The van der Waals surface area contributed by atoms with Crippen molar-refractivity contribution in [1.29, 1.82) is 0 Å². The lowest BCUT2D eigenvalue weighted by Crippen LogP contribution is -2.36. The summed E-state index contributed by atoms with van der Waals surface area (Å²) in [5.74, 6) is -0.619. The molecule has 0 aliphatic rings. The quantitative estimate of drug-likeness (QED) is 0.800. The molecule has 0 aliphatic heterocycles. The summed E-state index contributed by atoms with van der Waals surface area (Å²) in [5.41, 5.74) is 0.626. The van der Waals surface area contributed by atoms with Gasteiger partial charge in [0.2, 0.25) is 0 Å². The standard InChI is InChI=1S/C10H9BrF4N2O/c1-5-2-6(11)7(12)3-8(5)17-9(18)16-4-10(13,14)15/h2-3H,4H2,1H3,(H2,16,17,18). The Labute approximate surface area is 109 Å². The molecule has 2 amide bonds. The van der Waals surface area contributed by atoms with Gasteiger partial charge in [0.05, 0.1) is 4.47 Å². The van der Waals surface area contributed by atoms with E-state index in [1.54, 1.807) is 12.2 Å². The van der Waals surface area contributed by atoms with E-state index in [-0.39, 0.29) is 10.2 Å². The number of aryl methyl sites for hydroxylation is 1. The maximum Gasteiger partial charge on any atom is 0.405 e. The third-order valence-electron chi connectivity index (χ3n) is 1.96. The lowest BCUT2D eigenvalue weighted by atomic mass is 10.2. The summed E-state index contributed by atoms with van der Waals surface area (Å²) in [6, 6.07) is 1.39. The maximum atomic E-state index is 13.2. The van der Waals surface area contributed by atoms with E-state index in [1.807, 2.05) is 0 Å². The van der Waals surface area contributed by atoms with Gasteiger partial charge in [0.15, 0.2) is 0 Å². The maximum absolute atomic E-state index is 13.2. The molecule has 0 atom stereocenters. The van der Waals surface area contributed by atoms with Gasteiger partial charge in [-0.3, -0.25) is 0 Å². The molecule has 0 saturated heterocycles. The predicted molar refractivity (Wildman–Crippen MR) is 61.9 cm³/mol. The van der Waals surface area contributed by atoms with Crippen molar-refractivity contribution in [3.05, 3.63) is 28.0 Å². The lowest BCUT2D eigenvalue weighted by Gasteiger charge is -2.12. The number of nitrogens with one attached hydrogen (secondary N) is 2. The van der Waals surface area contributed by atoms with Crippen molar-refractivity contribution in [2.75, 3.05) is 11.9 Å². The van der Waals surface area contributed by atoms with Crippen LogP contribution < -0.4 is 10.6 Å². The van der Waals surface area contributed by atoms with Crippen molar-refractivity contribution in [1.82, 2.24) is 5.32 Å². The SMILES string of the molecule is Cc1cc(Br)c(F)cc1NC(=O)NCC(F)(F)F. The van der Waals surface area contributed by atoms with E-state index < -0.39 is 24.6 Å². The number of amides is 2. The molecule has 0 unspecified atom stereocenters. The van der Waals surface area contributed by atoms with E-state index in [2.05, 4.69) is 21.2 Å². The van der Waals surface area contributed by atoms with Crippen LogP contribution in [0.5, 0.6) is 0 Å². The van der Waals surface area contributed by atoms with Crippen LogP contribution in [0, 0.1) is 12.7 Å². The summed E-state index contributed by atoms with van der Waals surface area (Å²) in [6.07, 6.45) is -4.49. The molecular formula is C10H9BrF4N2O. The van der Waals surface area contributed by atoms with E-state index in [0.717, 1.165) is 6.07 Å². The second-order valence-electron chi connectivity index (χ2n) is 3.50. The minimum atomic E-state index is -4.49. The van der Waals surface area contributed by atoms with Gasteiger partial charge in [-0.2, -0.15) is 13.2 Å². The summed E-state index contributed by atoms with van der Waals surface area (Å²) in [6.45, 7) is 0.139. The van der Waals surface area contributed by atoms with E-state index in [9.17, 15) is 22.4 Å². The Morgan fingerprint density at radius 1 is 1.39 bits per heavy atom. The Morgan fingerprint density at radius 2 is 2.00 bits per heavy atom. The van der Waals surface area contributed by atoms with Gasteiger partial charge in [0.1, 0.15) is 12.4 Å². The van der Waals surface area contributed by atoms with Crippen LogP contribution in [0.3, 0.4) is 0 Å². The molecule has 0 heterocycles. The number of carbonyl (C=O) groups excluding carboxylic acids is 1. The van der Waals surface area contributed by atoms with Gasteiger partial charge < -0.3 is 10.6 Å². The molecule has 2 N–H and O–H groups in total. The number of anilines is 1. The summed E-state index contributed by atoms with van der Waals surface area (Å²) >= 11 is 2.95. The molecule has 1 aromatic carbocycles. The van der Waals surface area contributed by atoms with Crippen molar-refractivity contribution in [3.8, 4) is 0 Å². The first kappa shape index (κ1) is 14.7. The number of benzene rings is 1. The highest BCUT2D eigenvalue weighted by molar-refractivity contribution is 9.10. The minimum absolute atomic E-state index is 0.107. The van der Waals surface area contributed by atoms with E-state index in [4.69, 9.17) is 0 Å². The van der Waals surface area contributed by atoms with Gasteiger partial charge in [-0.15, -0.1) is 0 Å². The second-order valence-corrected chi connectivity index (χ2v) is 4.36. The Kier molecular flexibility index (Phi) is 4.55. The molecule has 18 heavy (non-hydrogen) atoms. The topological polar surface area (TPSA) is 41.1 Å². The summed E-state index contributed by atoms with van der Waals surface area (Å²) in [5, 5.41) is 3.76. The lowest BCUT2D eigenvalue weighted by molar-refractivity contribution is -0.122.